The first kappa shape index (κ1) is 17.6. The van der Waals surface area contributed by atoms with E-state index in [0.29, 0.717) is 5.69 Å². The third-order valence-electron chi connectivity index (χ3n) is 3.03. The molecule has 0 saturated carbocycles. The quantitative estimate of drug-likeness (QED) is 0.333. The van der Waals surface area contributed by atoms with Gasteiger partial charge in [0.1, 0.15) is 10.8 Å². The molecule has 124 valence electrons. The Morgan fingerprint density at radius 3 is 2.67 bits per heavy atom. The van der Waals surface area contributed by atoms with E-state index in [2.05, 4.69) is 10.6 Å². The summed E-state index contributed by atoms with van der Waals surface area (Å²) in [5.74, 6) is -0.668. The van der Waals surface area contributed by atoms with Crippen LogP contribution in [0, 0.1) is 17.0 Å². The number of aromatic hydroxyl groups is 1. The van der Waals surface area contributed by atoms with Crippen molar-refractivity contribution in [3.63, 3.8) is 0 Å². The number of anilines is 1. The molecule has 0 aromatic heterocycles. The lowest BCUT2D eigenvalue weighted by Crippen LogP contribution is -2.34. The van der Waals surface area contributed by atoms with Crippen LogP contribution in [0.5, 0.6) is 5.75 Å². The summed E-state index contributed by atoms with van der Waals surface area (Å²) in [4.78, 5) is 22.3. The molecule has 0 heterocycles. The molecule has 0 saturated heterocycles. The Morgan fingerprint density at radius 1 is 1.29 bits per heavy atom. The van der Waals surface area contributed by atoms with Crippen LogP contribution in [-0.2, 0) is 0 Å². The Balaban J connectivity index is 2.12. The zero-order chi connectivity index (χ0) is 17.9. The molecule has 0 unspecified atom stereocenters. The molecule has 0 aliphatic rings. The topological polar surface area (TPSA) is 104 Å². The summed E-state index contributed by atoms with van der Waals surface area (Å²) in [6, 6.07) is 8.53. The summed E-state index contributed by atoms with van der Waals surface area (Å²) < 4.78 is 0. The van der Waals surface area contributed by atoms with Crippen molar-refractivity contribution in [1.82, 2.24) is 5.32 Å². The highest BCUT2D eigenvalue weighted by atomic mass is 35.5. The van der Waals surface area contributed by atoms with Gasteiger partial charge in [-0.25, -0.2) is 0 Å². The lowest BCUT2D eigenvalue weighted by molar-refractivity contribution is -0.384. The molecular weight excluding hydrogens is 354 g/mol. The van der Waals surface area contributed by atoms with Crippen LogP contribution in [0.3, 0.4) is 0 Å². The highest BCUT2D eigenvalue weighted by Crippen LogP contribution is 2.25. The number of hydrogen-bond acceptors (Lipinski definition) is 5. The third kappa shape index (κ3) is 4.18. The molecular formula is C15H12ClN3O4S. The van der Waals surface area contributed by atoms with Crippen LogP contribution < -0.4 is 10.6 Å². The fourth-order valence-corrected chi connectivity index (χ4v) is 2.26. The molecule has 24 heavy (non-hydrogen) atoms. The molecule has 3 N–H and O–H groups in total. The van der Waals surface area contributed by atoms with E-state index in [0.717, 1.165) is 11.6 Å². The second kappa shape index (κ2) is 7.24. The summed E-state index contributed by atoms with van der Waals surface area (Å²) in [5, 5.41) is 25.5. The number of nitrogens with one attached hydrogen (secondary N) is 2. The largest absolute Gasteiger partial charge is 0.506 e. The monoisotopic (exact) mass is 365 g/mol. The van der Waals surface area contributed by atoms with E-state index in [4.69, 9.17) is 23.8 Å². The number of aryl methyl sites for hydroxylation is 1. The van der Waals surface area contributed by atoms with Crippen molar-refractivity contribution < 1.29 is 14.8 Å². The molecule has 0 atom stereocenters. The minimum absolute atomic E-state index is 0.0284. The van der Waals surface area contributed by atoms with Gasteiger partial charge in [0.15, 0.2) is 5.11 Å². The maximum Gasteiger partial charge on any atom is 0.288 e. The average Bonchev–Trinajstić information content (AvgIpc) is 2.50. The van der Waals surface area contributed by atoms with Crippen LogP contribution in [0.25, 0.3) is 0 Å². The predicted molar refractivity (Wildman–Crippen MR) is 94.6 cm³/mol. The number of thiocarbonyl (C=S) groups is 1. The van der Waals surface area contributed by atoms with E-state index < -0.39 is 10.8 Å². The maximum absolute atomic E-state index is 12.1. The number of nitrogens with zero attached hydrogens (tertiary/aromatic N) is 1. The zero-order valence-electron chi connectivity index (χ0n) is 12.4. The molecule has 0 aliphatic carbocycles. The lowest BCUT2D eigenvalue weighted by Gasteiger charge is -2.11. The van der Waals surface area contributed by atoms with E-state index in [-0.39, 0.29) is 27.1 Å². The molecule has 0 aliphatic heterocycles. The molecule has 0 radical (unpaired) electrons. The van der Waals surface area contributed by atoms with Crippen molar-refractivity contribution in [2.24, 2.45) is 0 Å². The van der Waals surface area contributed by atoms with Gasteiger partial charge in [-0.1, -0.05) is 17.7 Å². The minimum atomic E-state index is -0.680. The summed E-state index contributed by atoms with van der Waals surface area (Å²) in [7, 11) is 0. The smallest absolute Gasteiger partial charge is 0.288 e. The van der Waals surface area contributed by atoms with Gasteiger partial charge in [0, 0.05) is 11.6 Å². The van der Waals surface area contributed by atoms with Gasteiger partial charge < -0.3 is 10.4 Å². The van der Waals surface area contributed by atoms with Gasteiger partial charge in [0.25, 0.3) is 11.6 Å². The zero-order valence-corrected chi connectivity index (χ0v) is 13.9. The molecule has 0 fully saturated rings. The van der Waals surface area contributed by atoms with Gasteiger partial charge in [-0.15, -0.1) is 0 Å². The van der Waals surface area contributed by atoms with E-state index >= 15 is 0 Å². The Bertz CT molecular complexity index is 841. The summed E-state index contributed by atoms with van der Waals surface area (Å²) in [6.07, 6.45) is 0. The van der Waals surface area contributed by atoms with Crippen LogP contribution in [0.2, 0.25) is 5.02 Å². The third-order valence-corrected chi connectivity index (χ3v) is 3.56. The SMILES string of the molecule is Cc1ccc(O)c(NC(=S)NC(=O)c2ccc(Cl)c([N+](=O)[O-])c2)c1. The van der Waals surface area contributed by atoms with Crippen LogP contribution in [0.15, 0.2) is 36.4 Å². The first-order valence-electron chi connectivity index (χ1n) is 6.64. The Morgan fingerprint density at radius 2 is 2.00 bits per heavy atom. The Labute approximate surface area is 147 Å². The highest BCUT2D eigenvalue weighted by Gasteiger charge is 2.17. The number of carbonyl (C=O) groups is 1. The van der Waals surface area contributed by atoms with Crippen molar-refractivity contribution in [3.05, 3.63) is 62.7 Å². The maximum atomic E-state index is 12.1. The molecule has 2 rings (SSSR count). The van der Waals surface area contributed by atoms with Gasteiger partial charge >= 0.3 is 0 Å². The number of carbonyl (C=O) groups excluding carboxylic acids is 1. The number of nitro benzene ring substituents is 1. The number of nitro groups is 1. The molecule has 9 heteroatoms. The fraction of sp³-hybridized carbons (Fsp3) is 0.0667. The van der Waals surface area contributed by atoms with Gasteiger partial charge in [-0.05, 0) is 49.0 Å². The average molecular weight is 366 g/mol. The van der Waals surface area contributed by atoms with Crippen LogP contribution >= 0.6 is 23.8 Å². The van der Waals surface area contributed by atoms with Crippen LogP contribution in [0.1, 0.15) is 15.9 Å². The van der Waals surface area contributed by atoms with Gasteiger partial charge in [-0.3, -0.25) is 20.2 Å². The van der Waals surface area contributed by atoms with Crippen LogP contribution in [-0.4, -0.2) is 21.0 Å². The van der Waals surface area contributed by atoms with E-state index in [1.807, 2.05) is 6.92 Å². The van der Waals surface area contributed by atoms with Crippen molar-refractivity contribution in [3.8, 4) is 5.75 Å². The number of amides is 1. The number of benzene rings is 2. The van der Waals surface area contributed by atoms with E-state index in [9.17, 15) is 20.0 Å². The van der Waals surface area contributed by atoms with Crippen molar-refractivity contribution in [2.45, 2.75) is 6.92 Å². The molecule has 0 bridgehead atoms. The van der Waals surface area contributed by atoms with E-state index in [1.165, 1.54) is 18.2 Å². The first-order valence-corrected chi connectivity index (χ1v) is 7.42. The highest BCUT2D eigenvalue weighted by molar-refractivity contribution is 7.80. The molecule has 2 aromatic carbocycles. The number of phenols is 1. The summed E-state index contributed by atoms with van der Waals surface area (Å²) >= 11 is 10.7. The van der Waals surface area contributed by atoms with Crippen molar-refractivity contribution in [1.29, 1.82) is 0 Å². The van der Waals surface area contributed by atoms with Crippen molar-refractivity contribution >= 4 is 46.2 Å². The number of hydrogen-bond donors (Lipinski definition) is 3. The molecule has 7 nitrogen and oxygen atoms in total. The van der Waals surface area contributed by atoms with Gasteiger partial charge in [0.2, 0.25) is 0 Å². The molecule has 2 aromatic rings. The number of halogens is 1. The Kier molecular flexibility index (Phi) is 5.32. The second-order valence-corrected chi connectivity index (χ2v) is 5.67. The van der Waals surface area contributed by atoms with E-state index in [1.54, 1.807) is 12.1 Å². The number of rotatable bonds is 3. The first-order chi connectivity index (χ1) is 11.3. The lowest BCUT2D eigenvalue weighted by atomic mass is 10.2. The Hall–Kier alpha value is -2.71. The normalized spacial score (nSPS) is 10.1. The standard InChI is InChI=1S/C15H12ClN3O4S/c1-8-2-5-13(20)11(6-8)17-15(24)18-14(21)9-3-4-10(16)12(7-9)19(22)23/h2-7,20H,1H3,(H2,17,18,21,24). The second-order valence-electron chi connectivity index (χ2n) is 4.85. The van der Waals surface area contributed by atoms with Gasteiger partial charge in [0.05, 0.1) is 10.6 Å². The fourth-order valence-electron chi connectivity index (χ4n) is 1.87. The molecule has 0 spiro atoms. The minimum Gasteiger partial charge on any atom is -0.506 e. The molecule has 1 amide bonds. The summed E-state index contributed by atoms with van der Waals surface area (Å²) in [6.45, 7) is 1.83. The van der Waals surface area contributed by atoms with Crippen LogP contribution in [0.4, 0.5) is 11.4 Å². The summed E-state index contributed by atoms with van der Waals surface area (Å²) in [5.41, 5.74) is 0.878. The van der Waals surface area contributed by atoms with Gasteiger partial charge in [-0.2, -0.15) is 0 Å². The number of phenolic OH excluding ortho intramolecular Hbond substituents is 1. The van der Waals surface area contributed by atoms with Crippen molar-refractivity contribution in [2.75, 3.05) is 5.32 Å². The predicted octanol–water partition coefficient (Wildman–Crippen LogP) is 3.39.